The van der Waals surface area contributed by atoms with Gasteiger partial charge < -0.3 is 10.1 Å². The zero-order valence-corrected chi connectivity index (χ0v) is 11.5. The zero-order valence-electron chi connectivity index (χ0n) is 10.7. The molecule has 0 unspecified atom stereocenters. The Bertz CT molecular complexity index is 567. The average molecular weight is 277 g/mol. The number of ether oxygens (including phenoxy) is 1. The minimum atomic E-state index is 0.545. The molecule has 0 aliphatic carbocycles. The van der Waals surface area contributed by atoms with Gasteiger partial charge in [0, 0.05) is 42.4 Å². The molecule has 1 aliphatic heterocycles. The molecule has 0 amide bonds. The largest absolute Gasteiger partial charge is 0.381 e. The number of rotatable bonds is 3. The van der Waals surface area contributed by atoms with Crippen LogP contribution < -0.4 is 5.32 Å². The highest BCUT2D eigenvalue weighted by atomic mass is 35.5. The summed E-state index contributed by atoms with van der Waals surface area (Å²) in [7, 11) is 0. The van der Waals surface area contributed by atoms with E-state index in [1.54, 1.807) is 0 Å². The Morgan fingerprint density at radius 2 is 2.11 bits per heavy atom. The highest BCUT2D eigenvalue weighted by Gasteiger charge is 2.13. The molecule has 4 heteroatoms. The van der Waals surface area contributed by atoms with Gasteiger partial charge in [-0.05, 0) is 36.6 Å². The van der Waals surface area contributed by atoms with Crippen LogP contribution in [0.1, 0.15) is 18.4 Å². The third-order valence-corrected chi connectivity index (χ3v) is 3.93. The molecule has 2 heterocycles. The molecular weight excluding hydrogens is 260 g/mol. The Morgan fingerprint density at radius 1 is 1.26 bits per heavy atom. The molecule has 1 aromatic carbocycles. The standard InChI is InChI=1S/C15H17ClN2O/c16-14-4-3-11(15-13(14)2-1-7-17-15)10-18-12-5-8-19-9-6-12/h1-4,7,12,18H,5-6,8-10H2. The van der Waals surface area contributed by atoms with Crippen LogP contribution in [0.3, 0.4) is 0 Å². The Hall–Kier alpha value is -1.16. The minimum Gasteiger partial charge on any atom is -0.381 e. The summed E-state index contributed by atoms with van der Waals surface area (Å²) < 4.78 is 5.37. The van der Waals surface area contributed by atoms with Crippen molar-refractivity contribution in [3.05, 3.63) is 41.0 Å². The number of halogens is 1. The van der Waals surface area contributed by atoms with E-state index in [2.05, 4.69) is 16.4 Å². The lowest BCUT2D eigenvalue weighted by Crippen LogP contribution is -2.34. The van der Waals surface area contributed by atoms with Crippen LogP contribution in [0, 0.1) is 0 Å². The van der Waals surface area contributed by atoms with Crippen molar-refractivity contribution in [3.63, 3.8) is 0 Å². The van der Waals surface area contributed by atoms with Crippen molar-refractivity contribution in [3.8, 4) is 0 Å². The quantitative estimate of drug-likeness (QED) is 0.935. The van der Waals surface area contributed by atoms with Gasteiger partial charge in [0.25, 0.3) is 0 Å². The van der Waals surface area contributed by atoms with Crippen LogP contribution in [0.15, 0.2) is 30.5 Å². The van der Waals surface area contributed by atoms with Crippen molar-refractivity contribution in [2.24, 2.45) is 0 Å². The molecule has 2 aromatic rings. The number of aromatic nitrogens is 1. The number of pyridine rings is 1. The van der Waals surface area contributed by atoms with E-state index < -0.39 is 0 Å². The lowest BCUT2D eigenvalue weighted by Gasteiger charge is -2.23. The van der Waals surface area contributed by atoms with Gasteiger partial charge in [-0.15, -0.1) is 0 Å². The minimum absolute atomic E-state index is 0.545. The Morgan fingerprint density at radius 3 is 2.95 bits per heavy atom. The molecule has 3 nitrogen and oxygen atoms in total. The number of hydrogen-bond donors (Lipinski definition) is 1. The third-order valence-electron chi connectivity index (χ3n) is 3.60. The van der Waals surface area contributed by atoms with Gasteiger partial charge in [0.1, 0.15) is 0 Å². The van der Waals surface area contributed by atoms with Crippen LogP contribution in [-0.2, 0) is 11.3 Å². The van der Waals surface area contributed by atoms with Crippen molar-refractivity contribution in [1.82, 2.24) is 10.3 Å². The van der Waals surface area contributed by atoms with Gasteiger partial charge in [0.15, 0.2) is 0 Å². The normalized spacial score (nSPS) is 16.9. The van der Waals surface area contributed by atoms with E-state index in [9.17, 15) is 0 Å². The fourth-order valence-corrected chi connectivity index (χ4v) is 2.71. The summed E-state index contributed by atoms with van der Waals surface area (Å²) >= 11 is 6.20. The lowest BCUT2D eigenvalue weighted by atomic mass is 10.1. The molecule has 19 heavy (non-hydrogen) atoms. The Kier molecular flexibility index (Phi) is 3.97. The predicted octanol–water partition coefficient (Wildman–Crippen LogP) is 3.16. The first-order valence-electron chi connectivity index (χ1n) is 6.68. The maximum Gasteiger partial charge on any atom is 0.0761 e. The molecule has 0 bridgehead atoms. The summed E-state index contributed by atoms with van der Waals surface area (Å²) in [5, 5.41) is 5.37. The molecule has 1 fully saturated rings. The maximum absolute atomic E-state index is 6.20. The van der Waals surface area contributed by atoms with Gasteiger partial charge in [-0.25, -0.2) is 0 Å². The van der Waals surface area contributed by atoms with Gasteiger partial charge in [-0.3, -0.25) is 4.98 Å². The molecule has 0 atom stereocenters. The maximum atomic E-state index is 6.20. The molecule has 1 aromatic heterocycles. The number of benzene rings is 1. The van der Waals surface area contributed by atoms with Gasteiger partial charge in [-0.1, -0.05) is 17.7 Å². The number of fused-ring (bicyclic) bond motifs is 1. The van der Waals surface area contributed by atoms with Crippen LogP contribution in [0.4, 0.5) is 0 Å². The average Bonchev–Trinajstić information content (AvgIpc) is 2.48. The molecule has 1 saturated heterocycles. The summed E-state index contributed by atoms with van der Waals surface area (Å²) in [6, 6.07) is 8.49. The summed E-state index contributed by atoms with van der Waals surface area (Å²) in [5.74, 6) is 0. The number of hydrogen-bond acceptors (Lipinski definition) is 3. The van der Waals surface area contributed by atoms with Gasteiger partial charge in [0.2, 0.25) is 0 Å². The highest BCUT2D eigenvalue weighted by Crippen LogP contribution is 2.24. The van der Waals surface area contributed by atoms with E-state index in [1.165, 1.54) is 5.56 Å². The van der Waals surface area contributed by atoms with Crippen LogP contribution in [0.5, 0.6) is 0 Å². The fourth-order valence-electron chi connectivity index (χ4n) is 2.50. The zero-order chi connectivity index (χ0) is 13.1. The highest BCUT2D eigenvalue weighted by molar-refractivity contribution is 6.35. The van der Waals surface area contributed by atoms with Gasteiger partial charge >= 0.3 is 0 Å². The second-order valence-corrected chi connectivity index (χ2v) is 5.28. The van der Waals surface area contributed by atoms with Crippen LogP contribution >= 0.6 is 11.6 Å². The van der Waals surface area contributed by atoms with Crippen molar-refractivity contribution in [2.45, 2.75) is 25.4 Å². The molecule has 1 N–H and O–H groups in total. The summed E-state index contributed by atoms with van der Waals surface area (Å²) in [6.45, 7) is 2.55. The van der Waals surface area contributed by atoms with Crippen LogP contribution in [0.2, 0.25) is 5.02 Å². The van der Waals surface area contributed by atoms with Crippen molar-refractivity contribution in [2.75, 3.05) is 13.2 Å². The molecule has 1 aliphatic rings. The van der Waals surface area contributed by atoms with Crippen molar-refractivity contribution >= 4 is 22.5 Å². The van der Waals surface area contributed by atoms with E-state index in [4.69, 9.17) is 16.3 Å². The van der Waals surface area contributed by atoms with E-state index in [1.807, 2.05) is 24.4 Å². The second kappa shape index (κ2) is 5.87. The molecular formula is C15H17ClN2O. The predicted molar refractivity (Wildman–Crippen MR) is 77.4 cm³/mol. The topological polar surface area (TPSA) is 34.1 Å². The van der Waals surface area contributed by atoms with Crippen LogP contribution in [0.25, 0.3) is 10.9 Å². The first kappa shape index (κ1) is 12.9. The molecule has 100 valence electrons. The van der Waals surface area contributed by atoms with Crippen molar-refractivity contribution in [1.29, 1.82) is 0 Å². The van der Waals surface area contributed by atoms with Crippen LogP contribution in [-0.4, -0.2) is 24.2 Å². The Balaban J connectivity index is 1.79. The third kappa shape index (κ3) is 2.89. The monoisotopic (exact) mass is 276 g/mol. The van der Waals surface area contributed by atoms with E-state index >= 15 is 0 Å². The van der Waals surface area contributed by atoms with Gasteiger partial charge in [-0.2, -0.15) is 0 Å². The van der Waals surface area contributed by atoms with E-state index in [0.29, 0.717) is 6.04 Å². The second-order valence-electron chi connectivity index (χ2n) is 4.87. The first-order chi connectivity index (χ1) is 9.34. The number of nitrogens with zero attached hydrogens (tertiary/aromatic N) is 1. The smallest absolute Gasteiger partial charge is 0.0761 e. The van der Waals surface area contributed by atoms with E-state index in [0.717, 1.165) is 48.5 Å². The number of nitrogens with one attached hydrogen (secondary N) is 1. The SMILES string of the molecule is Clc1ccc(CNC2CCOCC2)c2ncccc12. The van der Waals surface area contributed by atoms with Crippen molar-refractivity contribution < 1.29 is 4.74 Å². The summed E-state index contributed by atoms with van der Waals surface area (Å²) in [6.07, 6.45) is 3.98. The summed E-state index contributed by atoms with van der Waals surface area (Å²) in [5.41, 5.74) is 2.20. The molecule has 0 radical (unpaired) electrons. The first-order valence-corrected chi connectivity index (χ1v) is 7.05. The fraction of sp³-hybridized carbons (Fsp3) is 0.400. The summed E-state index contributed by atoms with van der Waals surface area (Å²) in [4.78, 5) is 4.46. The molecule has 0 spiro atoms. The Labute approximate surface area is 117 Å². The molecule has 3 rings (SSSR count). The van der Waals surface area contributed by atoms with Gasteiger partial charge in [0.05, 0.1) is 5.52 Å². The van der Waals surface area contributed by atoms with E-state index in [-0.39, 0.29) is 0 Å². The lowest BCUT2D eigenvalue weighted by molar-refractivity contribution is 0.0776. The molecule has 0 saturated carbocycles.